The lowest BCUT2D eigenvalue weighted by Crippen LogP contribution is -2.49. The van der Waals surface area contributed by atoms with Gasteiger partial charge in [0.2, 0.25) is 0 Å². The third-order valence-corrected chi connectivity index (χ3v) is 6.44. The Bertz CT molecular complexity index is 819. The molecular weight excluding hydrogens is 386 g/mol. The summed E-state index contributed by atoms with van der Waals surface area (Å²) in [6, 6.07) is 11.6. The van der Waals surface area contributed by atoms with Crippen molar-refractivity contribution in [3.8, 4) is 5.75 Å². The van der Waals surface area contributed by atoms with Crippen LogP contribution in [0.25, 0.3) is 0 Å². The molecule has 0 N–H and O–H groups in total. The summed E-state index contributed by atoms with van der Waals surface area (Å²) in [6.07, 6.45) is 2.37. The molecule has 1 fully saturated rings. The average molecular weight is 416 g/mol. The summed E-state index contributed by atoms with van der Waals surface area (Å²) in [6.45, 7) is 6.62. The fraction of sp³-hybridized carbons (Fsp3) is 0.478. The van der Waals surface area contributed by atoms with Crippen molar-refractivity contribution in [3.05, 3.63) is 52.2 Å². The van der Waals surface area contributed by atoms with Crippen LogP contribution in [0.5, 0.6) is 5.75 Å². The number of rotatable bonds is 9. The molecule has 29 heavy (non-hydrogen) atoms. The lowest BCUT2D eigenvalue weighted by molar-refractivity contribution is -0.160. The van der Waals surface area contributed by atoms with Gasteiger partial charge < -0.3 is 9.47 Å². The topological polar surface area (TPSA) is 55.8 Å². The molecule has 3 rings (SSSR count). The zero-order chi connectivity index (χ0) is 20.7. The molecule has 0 bridgehead atoms. The van der Waals surface area contributed by atoms with E-state index in [2.05, 4.69) is 4.90 Å². The summed E-state index contributed by atoms with van der Waals surface area (Å²) in [5, 5.41) is 2.04. The average Bonchev–Trinajstić information content (AvgIpc) is 3.18. The predicted molar refractivity (Wildman–Crippen MR) is 114 cm³/mol. The smallest absolute Gasteiger partial charge is 0.313 e. The molecule has 0 unspecified atom stereocenters. The van der Waals surface area contributed by atoms with Crippen molar-refractivity contribution in [2.24, 2.45) is 5.41 Å². The van der Waals surface area contributed by atoms with Gasteiger partial charge in [0.1, 0.15) is 5.75 Å². The highest BCUT2D eigenvalue weighted by Gasteiger charge is 2.43. The van der Waals surface area contributed by atoms with Gasteiger partial charge >= 0.3 is 5.97 Å². The summed E-state index contributed by atoms with van der Waals surface area (Å²) in [4.78, 5) is 27.6. The third-order valence-electron chi connectivity index (χ3n) is 5.36. The van der Waals surface area contributed by atoms with Crippen molar-refractivity contribution in [1.82, 2.24) is 4.90 Å². The van der Waals surface area contributed by atoms with E-state index in [9.17, 15) is 9.59 Å². The van der Waals surface area contributed by atoms with Crippen LogP contribution in [0.1, 0.15) is 48.3 Å². The minimum absolute atomic E-state index is 0.0961. The quantitative estimate of drug-likeness (QED) is 0.444. The highest BCUT2D eigenvalue weighted by atomic mass is 32.1. The summed E-state index contributed by atoms with van der Waals surface area (Å²) < 4.78 is 11.3. The van der Waals surface area contributed by atoms with E-state index < -0.39 is 5.41 Å². The minimum Gasteiger partial charge on any atom is -0.494 e. The van der Waals surface area contributed by atoms with Gasteiger partial charge in [0.25, 0.3) is 0 Å². The Morgan fingerprint density at radius 1 is 1.24 bits per heavy atom. The Morgan fingerprint density at radius 2 is 2.03 bits per heavy atom. The highest BCUT2D eigenvalue weighted by Crippen LogP contribution is 2.36. The number of piperidine rings is 1. The van der Waals surface area contributed by atoms with Gasteiger partial charge in [-0.15, -0.1) is 11.3 Å². The Hall–Kier alpha value is -2.18. The van der Waals surface area contributed by atoms with Crippen LogP contribution in [-0.4, -0.2) is 43.0 Å². The van der Waals surface area contributed by atoms with Crippen LogP contribution in [0.2, 0.25) is 0 Å². The number of thiophene rings is 1. The van der Waals surface area contributed by atoms with Crippen molar-refractivity contribution < 1.29 is 19.1 Å². The molecule has 1 aliphatic rings. The van der Waals surface area contributed by atoms with Gasteiger partial charge in [0.15, 0.2) is 5.78 Å². The maximum Gasteiger partial charge on any atom is 0.313 e. The molecular formula is C23H29NO4S. The first-order valence-electron chi connectivity index (χ1n) is 10.2. The minimum atomic E-state index is -0.553. The second-order valence-electron chi connectivity index (χ2n) is 7.60. The summed E-state index contributed by atoms with van der Waals surface area (Å²) in [7, 11) is 0. The fourth-order valence-corrected chi connectivity index (χ4v) is 4.71. The van der Waals surface area contributed by atoms with Crippen LogP contribution in [0.15, 0.2) is 41.8 Å². The maximum absolute atomic E-state index is 12.9. The number of ketones is 1. The molecule has 6 heteroatoms. The summed E-state index contributed by atoms with van der Waals surface area (Å²) in [5.74, 6) is 0.782. The number of Topliss-reactive ketones (excluding diaryl/α,β-unsaturated/α-hetero) is 1. The molecule has 5 nitrogen and oxygen atoms in total. The van der Waals surface area contributed by atoms with Crippen LogP contribution in [0.4, 0.5) is 0 Å². The second kappa shape index (κ2) is 10.0. The Labute approximate surface area is 176 Å². The van der Waals surface area contributed by atoms with Crippen LogP contribution in [-0.2, 0) is 16.1 Å². The first-order chi connectivity index (χ1) is 14.0. The SMILES string of the molecule is CCOC(=O)[C@@]1(CCOc2ccccc2)CCCN(Cc2csc(C(C)=O)c2)C1. The molecule has 156 valence electrons. The molecule has 1 aliphatic heterocycles. The van der Waals surface area contributed by atoms with Gasteiger partial charge in [-0.2, -0.15) is 0 Å². The Balaban J connectivity index is 1.67. The standard InChI is InChI=1S/C23H29NO4S/c1-3-27-22(26)23(11-13-28-20-8-5-4-6-9-20)10-7-12-24(17-23)15-19-14-21(18(2)25)29-16-19/h4-6,8-9,14,16H,3,7,10-13,15,17H2,1-2H3/t23-/m1/s1. The number of likely N-dealkylation sites (tertiary alicyclic amines) is 1. The van der Waals surface area contributed by atoms with E-state index in [-0.39, 0.29) is 11.8 Å². The molecule has 0 spiro atoms. The van der Waals surface area contributed by atoms with Gasteiger partial charge in [-0.1, -0.05) is 18.2 Å². The number of para-hydroxylation sites is 1. The van der Waals surface area contributed by atoms with Gasteiger partial charge in [-0.05, 0) is 68.8 Å². The van der Waals surface area contributed by atoms with Crippen molar-refractivity contribution in [2.45, 2.75) is 39.7 Å². The van der Waals surface area contributed by atoms with Crippen molar-refractivity contribution in [2.75, 3.05) is 26.3 Å². The van der Waals surface area contributed by atoms with E-state index in [1.54, 1.807) is 6.92 Å². The number of ether oxygens (including phenoxy) is 2. The molecule has 0 amide bonds. The normalized spacial score (nSPS) is 19.7. The summed E-state index contributed by atoms with van der Waals surface area (Å²) >= 11 is 1.48. The zero-order valence-corrected chi connectivity index (χ0v) is 18.0. The third kappa shape index (κ3) is 5.67. The molecule has 0 aliphatic carbocycles. The van der Waals surface area contributed by atoms with Crippen LogP contribution >= 0.6 is 11.3 Å². The van der Waals surface area contributed by atoms with Crippen molar-refractivity contribution in [1.29, 1.82) is 0 Å². The molecule has 1 aromatic carbocycles. The lowest BCUT2D eigenvalue weighted by atomic mass is 9.77. The molecule has 2 heterocycles. The molecule has 1 saturated heterocycles. The second-order valence-corrected chi connectivity index (χ2v) is 8.51. The largest absolute Gasteiger partial charge is 0.494 e. The van der Waals surface area contributed by atoms with E-state index in [1.165, 1.54) is 11.3 Å². The predicted octanol–water partition coefficient (Wildman–Crippen LogP) is 4.57. The van der Waals surface area contributed by atoms with E-state index in [0.717, 1.165) is 42.1 Å². The lowest BCUT2D eigenvalue weighted by Gasteiger charge is -2.41. The number of hydrogen-bond donors (Lipinski definition) is 0. The number of hydrogen-bond acceptors (Lipinski definition) is 6. The van der Waals surface area contributed by atoms with Gasteiger partial charge in [-0.25, -0.2) is 0 Å². The number of nitrogens with zero attached hydrogens (tertiary/aromatic N) is 1. The monoisotopic (exact) mass is 415 g/mol. The number of benzene rings is 1. The first-order valence-corrected chi connectivity index (χ1v) is 11.1. The van der Waals surface area contributed by atoms with Crippen LogP contribution in [0.3, 0.4) is 0 Å². The first kappa shape index (κ1) is 21.5. The Kier molecular flexibility index (Phi) is 7.45. The van der Waals surface area contributed by atoms with E-state index in [4.69, 9.17) is 9.47 Å². The van der Waals surface area contributed by atoms with Crippen molar-refractivity contribution >= 4 is 23.1 Å². The molecule has 1 atom stereocenters. The number of carbonyl (C=O) groups is 2. The zero-order valence-electron chi connectivity index (χ0n) is 17.2. The summed E-state index contributed by atoms with van der Waals surface area (Å²) in [5.41, 5.74) is 0.572. The van der Waals surface area contributed by atoms with Gasteiger partial charge in [0.05, 0.1) is 23.5 Å². The molecule has 0 saturated carbocycles. The maximum atomic E-state index is 12.9. The molecule has 0 radical (unpaired) electrons. The highest BCUT2D eigenvalue weighted by molar-refractivity contribution is 7.12. The molecule has 2 aromatic rings. The van der Waals surface area contributed by atoms with Gasteiger partial charge in [-0.3, -0.25) is 14.5 Å². The van der Waals surface area contributed by atoms with Gasteiger partial charge in [0, 0.05) is 13.1 Å². The van der Waals surface area contributed by atoms with Crippen LogP contribution < -0.4 is 4.74 Å². The van der Waals surface area contributed by atoms with E-state index in [1.807, 2.05) is 48.7 Å². The fourth-order valence-electron chi connectivity index (χ4n) is 3.90. The number of esters is 1. The van der Waals surface area contributed by atoms with E-state index >= 15 is 0 Å². The van der Waals surface area contributed by atoms with Crippen molar-refractivity contribution in [3.63, 3.8) is 0 Å². The van der Waals surface area contributed by atoms with Crippen LogP contribution in [0, 0.1) is 5.41 Å². The molecule has 1 aromatic heterocycles. The Morgan fingerprint density at radius 3 is 2.72 bits per heavy atom. The number of carbonyl (C=O) groups excluding carboxylic acids is 2. The van der Waals surface area contributed by atoms with E-state index in [0.29, 0.717) is 26.2 Å².